The molecule has 0 aliphatic rings. The van der Waals surface area contributed by atoms with Crippen LogP contribution in [0.2, 0.25) is 0 Å². The number of aliphatic hydroxyl groups is 1. The van der Waals surface area contributed by atoms with Crippen molar-refractivity contribution in [2.24, 2.45) is 0 Å². The van der Waals surface area contributed by atoms with Gasteiger partial charge in [0.15, 0.2) is 11.6 Å². The van der Waals surface area contributed by atoms with Gasteiger partial charge in [0.05, 0.1) is 6.61 Å². The first-order chi connectivity index (χ1) is 9.40. The molecule has 2 nitrogen and oxygen atoms in total. The quantitative estimate of drug-likeness (QED) is 0.898. The van der Waals surface area contributed by atoms with Crippen LogP contribution in [0.4, 0.5) is 4.39 Å². The van der Waals surface area contributed by atoms with E-state index in [1.165, 1.54) is 17.7 Å². The minimum atomic E-state index is -0.476. The van der Waals surface area contributed by atoms with Crippen LogP contribution in [-0.4, -0.2) is 5.11 Å². The monoisotopic (exact) mass is 274 g/mol. The molecule has 0 amide bonds. The smallest absolute Gasteiger partial charge is 0.166 e. The maximum Gasteiger partial charge on any atom is 0.166 e. The summed E-state index contributed by atoms with van der Waals surface area (Å²) in [6.07, 6.45) is 0. The zero-order valence-corrected chi connectivity index (χ0v) is 12.0. The van der Waals surface area contributed by atoms with Crippen molar-refractivity contribution in [3.8, 4) is 11.5 Å². The molecule has 0 unspecified atom stereocenters. The summed E-state index contributed by atoms with van der Waals surface area (Å²) in [5.41, 5.74) is 1.80. The summed E-state index contributed by atoms with van der Waals surface area (Å²) in [7, 11) is 0. The third-order valence-electron chi connectivity index (χ3n) is 3.13. The van der Waals surface area contributed by atoms with Gasteiger partial charge in [0.25, 0.3) is 0 Å². The lowest BCUT2D eigenvalue weighted by molar-refractivity contribution is 0.281. The van der Waals surface area contributed by atoms with Gasteiger partial charge in [-0.1, -0.05) is 39.0 Å². The lowest BCUT2D eigenvalue weighted by Crippen LogP contribution is -2.10. The van der Waals surface area contributed by atoms with Gasteiger partial charge in [-0.15, -0.1) is 0 Å². The predicted molar refractivity (Wildman–Crippen MR) is 77.5 cm³/mol. The maximum absolute atomic E-state index is 13.8. The highest BCUT2D eigenvalue weighted by Crippen LogP contribution is 2.28. The Morgan fingerprint density at radius 1 is 1.05 bits per heavy atom. The highest BCUT2D eigenvalue weighted by atomic mass is 19.1. The highest BCUT2D eigenvalue weighted by molar-refractivity contribution is 5.36. The summed E-state index contributed by atoms with van der Waals surface area (Å²) in [6.45, 7) is 6.22. The second kappa shape index (κ2) is 5.63. The van der Waals surface area contributed by atoms with Gasteiger partial charge in [0.1, 0.15) is 5.75 Å². The van der Waals surface area contributed by atoms with E-state index in [2.05, 4.69) is 20.8 Å². The molecule has 0 fully saturated rings. The second-order valence-corrected chi connectivity index (χ2v) is 5.80. The number of hydrogen-bond acceptors (Lipinski definition) is 2. The number of halogens is 1. The van der Waals surface area contributed by atoms with Gasteiger partial charge in [-0.3, -0.25) is 0 Å². The van der Waals surface area contributed by atoms with E-state index in [9.17, 15) is 4.39 Å². The molecule has 3 heteroatoms. The SMILES string of the molecule is CC(C)(C)c1ccc(Oc2ccc(CO)cc2F)cc1. The summed E-state index contributed by atoms with van der Waals surface area (Å²) in [5, 5.41) is 8.94. The van der Waals surface area contributed by atoms with Crippen molar-refractivity contribution < 1.29 is 14.2 Å². The van der Waals surface area contributed by atoms with E-state index >= 15 is 0 Å². The Kier molecular flexibility index (Phi) is 4.09. The van der Waals surface area contributed by atoms with Gasteiger partial charge in [-0.25, -0.2) is 4.39 Å². The topological polar surface area (TPSA) is 29.5 Å². The van der Waals surface area contributed by atoms with E-state index < -0.39 is 5.82 Å². The number of benzene rings is 2. The minimum absolute atomic E-state index is 0.0759. The molecule has 1 N–H and O–H groups in total. The average Bonchev–Trinajstić information content (AvgIpc) is 2.40. The Hall–Kier alpha value is -1.87. The number of aliphatic hydroxyl groups excluding tert-OH is 1. The Morgan fingerprint density at radius 3 is 2.20 bits per heavy atom. The van der Waals surface area contributed by atoms with Crippen LogP contribution in [-0.2, 0) is 12.0 Å². The zero-order valence-electron chi connectivity index (χ0n) is 12.0. The summed E-state index contributed by atoms with van der Waals surface area (Å²) < 4.78 is 19.3. The van der Waals surface area contributed by atoms with E-state index in [-0.39, 0.29) is 17.8 Å². The van der Waals surface area contributed by atoms with Crippen molar-refractivity contribution in [3.05, 3.63) is 59.4 Å². The van der Waals surface area contributed by atoms with Crippen molar-refractivity contribution >= 4 is 0 Å². The molecule has 0 atom stereocenters. The van der Waals surface area contributed by atoms with Gasteiger partial charge in [-0.05, 0) is 40.8 Å². The first-order valence-electron chi connectivity index (χ1n) is 6.58. The van der Waals surface area contributed by atoms with Crippen LogP contribution in [0.25, 0.3) is 0 Å². The summed E-state index contributed by atoms with van der Waals surface area (Å²) in [5.74, 6) is 0.274. The van der Waals surface area contributed by atoms with Crippen LogP contribution in [0, 0.1) is 5.82 Å². The molecule has 106 valence electrons. The Morgan fingerprint density at radius 2 is 1.70 bits per heavy atom. The van der Waals surface area contributed by atoms with E-state index in [0.29, 0.717) is 11.3 Å². The molecule has 0 aliphatic heterocycles. The maximum atomic E-state index is 13.8. The summed E-state index contributed by atoms with van der Waals surface area (Å²) in [4.78, 5) is 0. The highest BCUT2D eigenvalue weighted by Gasteiger charge is 2.13. The molecule has 0 radical (unpaired) electrons. The molecule has 2 rings (SSSR count). The molecular weight excluding hydrogens is 255 g/mol. The van der Waals surface area contributed by atoms with Gasteiger partial charge in [-0.2, -0.15) is 0 Å². The Balaban J connectivity index is 2.18. The predicted octanol–water partition coefficient (Wildman–Crippen LogP) is 4.41. The van der Waals surface area contributed by atoms with Crippen LogP contribution in [0.1, 0.15) is 31.9 Å². The number of rotatable bonds is 3. The average molecular weight is 274 g/mol. The lowest BCUT2D eigenvalue weighted by Gasteiger charge is -2.19. The van der Waals surface area contributed by atoms with E-state index in [0.717, 1.165) is 0 Å². The number of ether oxygens (including phenoxy) is 1. The fourth-order valence-corrected chi connectivity index (χ4v) is 1.88. The standard InChI is InChI=1S/C17H19FO2/c1-17(2,3)13-5-7-14(8-6-13)20-16-9-4-12(11-19)10-15(16)18/h4-10,19H,11H2,1-3H3. The first-order valence-corrected chi connectivity index (χ1v) is 6.58. The van der Waals surface area contributed by atoms with E-state index in [4.69, 9.17) is 9.84 Å². The van der Waals surface area contributed by atoms with Crippen molar-refractivity contribution in [1.29, 1.82) is 0 Å². The molecule has 20 heavy (non-hydrogen) atoms. The molecule has 0 saturated heterocycles. The van der Waals surface area contributed by atoms with E-state index in [1.54, 1.807) is 6.07 Å². The van der Waals surface area contributed by atoms with Crippen LogP contribution >= 0.6 is 0 Å². The van der Waals surface area contributed by atoms with Crippen LogP contribution in [0.3, 0.4) is 0 Å². The van der Waals surface area contributed by atoms with E-state index in [1.807, 2.05) is 24.3 Å². The minimum Gasteiger partial charge on any atom is -0.454 e. The molecule has 0 saturated carbocycles. The second-order valence-electron chi connectivity index (χ2n) is 5.80. The van der Waals surface area contributed by atoms with Gasteiger partial charge >= 0.3 is 0 Å². The first kappa shape index (κ1) is 14.5. The third-order valence-corrected chi connectivity index (χ3v) is 3.13. The zero-order chi connectivity index (χ0) is 14.8. The molecule has 2 aromatic rings. The van der Waals surface area contributed by atoms with Crippen LogP contribution < -0.4 is 4.74 Å². The number of hydrogen-bond donors (Lipinski definition) is 1. The van der Waals surface area contributed by atoms with Crippen molar-refractivity contribution in [3.63, 3.8) is 0 Å². The molecule has 0 aromatic heterocycles. The Bertz CT molecular complexity index is 583. The molecule has 2 aromatic carbocycles. The van der Waals surface area contributed by atoms with Crippen molar-refractivity contribution in [2.45, 2.75) is 32.8 Å². The van der Waals surface area contributed by atoms with Gasteiger partial charge in [0.2, 0.25) is 0 Å². The van der Waals surface area contributed by atoms with Crippen molar-refractivity contribution in [1.82, 2.24) is 0 Å². The molecular formula is C17H19FO2. The van der Waals surface area contributed by atoms with Gasteiger partial charge in [0, 0.05) is 0 Å². The normalized spacial score (nSPS) is 11.4. The Labute approximate surface area is 118 Å². The molecule has 0 aliphatic carbocycles. The van der Waals surface area contributed by atoms with Crippen LogP contribution in [0.15, 0.2) is 42.5 Å². The summed E-state index contributed by atoms with van der Waals surface area (Å²) in [6, 6.07) is 12.1. The fourth-order valence-electron chi connectivity index (χ4n) is 1.88. The molecule has 0 heterocycles. The largest absolute Gasteiger partial charge is 0.454 e. The fraction of sp³-hybridized carbons (Fsp3) is 0.294. The molecule has 0 bridgehead atoms. The lowest BCUT2D eigenvalue weighted by atomic mass is 9.87. The van der Waals surface area contributed by atoms with Crippen LogP contribution in [0.5, 0.6) is 11.5 Å². The van der Waals surface area contributed by atoms with Gasteiger partial charge < -0.3 is 9.84 Å². The van der Waals surface area contributed by atoms with Crippen molar-refractivity contribution in [2.75, 3.05) is 0 Å². The third kappa shape index (κ3) is 3.36. The molecule has 0 spiro atoms. The summed E-state index contributed by atoms with van der Waals surface area (Å²) >= 11 is 0.